The molecule has 3 aliphatic heterocycles. The molecule has 3 saturated heterocycles. The van der Waals surface area contributed by atoms with Gasteiger partial charge in [0.15, 0.2) is 0 Å². The number of likely N-dealkylation sites (N-methyl/N-ethyl adjacent to an activating group) is 1. The Morgan fingerprint density at radius 1 is 0.964 bits per heavy atom. The average molecular weight is 386 g/mol. The Bertz CT molecular complexity index is 729. The van der Waals surface area contributed by atoms with Crippen molar-refractivity contribution in [2.24, 2.45) is 5.41 Å². The molecule has 0 bridgehead atoms. The van der Waals surface area contributed by atoms with Crippen LogP contribution in [-0.2, 0) is 4.79 Å². The second kappa shape index (κ2) is 7.74. The summed E-state index contributed by atoms with van der Waals surface area (Å²) in [4.78, 5) is 31.5. The molecular weight excluding hydrogens is 354 g/mol. The Morgan fingerprint density at radius 2 is 1.68 bits per heavy atom. The number of piperidine rings is 3. The molecule has 0 unspecified atom stereocenters. The Balaban J connectivity index is 1.47. The van der Waals surface area contributed by atoms with Crippen LogP contribution >= 0.6 is 0 Å². The lowest BCUT2D eigenvalue weighted by atomic mass is 9.68. The molecule has 1 amide bonds. The lowest BCUT2D eigenvalue weighted by Gasteiger charge is -2.51. The maximum absolute atomic E-state index is 13.1. The minimum Gasteiger partial charge on any atom is -0.481 e. The lowest BCUT2D eigenvalue weighted by molar-refractivity contribution is -0.161. The molecule has 3 aliphatic rings. The summed E-state index contributed by atoms with van der Waals surface area (Å²) in [5.41, 5.74) is 1.18. The standard InChI is InChI=1S/C22H31N3O3/c1-23-12-5-10-22(21(27)28)11-15-25(16-19(22)23)20(26)17-6-8-18(9-7-17)24-13-3-2-4-14-24/h6-9,19H,2-5,10-16H2,1H3,(H,27,28)/t19-,22+/m1/s1. The van der Waals surface area contributed by atoms with E-state index in [9.17, 15) is 14.7 Å². The van der Waals surface area contributed by atoms with Crippen LogP contribution in [0.25, 0.3) is 0 Å². The zero-order valence-corrected chi connectivity index (χ0v) is 16.8. The van der Waals surface area contributed by atoms with Crippen LogP contribution in [0, 0.1) is 5.41 Å². The van der Waals surface area contributed by atoms with Crippen LogP contribution in [0.4, 0.5) is 5.69 Å². The number of benzene rings is 1. The molecule has 0 aliphatic carbocycles. The van der Waals surface area contributed by atoms with Crippen LogP contribution in [-0.4, -0.2) is 72.6 Å². The Labute approximate surface area is 167 Å². The van der Waals surface area contributed by atoms with E-state index in [4.69, 9.17) is 0 Å². The molecule has 0 saturated carbocycles. The lowest BCUT2D eigenvalue weighted by Crippen LogP contribution is -2.63. The van der Waals surface area contributed by atoms with E-state index in [1.54, 1.807) is 0 Å². The van der Waals surface area contributed by atoms with Crippen LogP contribution < -0.4 is 4.90 Å². The van der Waals surface area contributed by atoms with Crippen molar-refractivity contribution in [3.05, 3.63) is 29.8 Å². The highest BCUT2D eigenvalue weighted by Crippen LogP contribution is 2.42. The third kappa shape index (κ3) is 3.39. The number of aliphatic carboxylic acids is 1. The summed E-state index contributed by atoms with van der Waals surface area (Å²) in [6.45, 7) is 4.08. The van der Waals surface area contributed by atoms with Gasteiger partial charge in [0.1, 0.15) is 0 Å². The van der Waals surface area contributed by atoms with Crippen molar-refractivity contribution < 1.29 is 14.7 Å². The maximum atomic E-state index is 13.1. The summed E-state index contributed by atoms with van der Waals surface area (Å²) < 4.78 is 0. The molecule has 28 heavy (non-hydrogen) atoms. The van der Waals surface area contributed by atoms with Crippen molar-refractivity contribution in [1.82, 2.24) is 9.80 Å². The van der Waals surface area contributed by atoms with E-state index in [1.807, 2.05) is 24.1 Å². The smallest absolute Gasteiger partial charge is 0.311 e. The quantitative estimate of drug-likeness (QED) is 0.867. The second-order valence-corrected chi connectivity index (χ2v) is 8.66. The number of carboxylic acid groups (broad SMARTS) is 1. The van der Waals surface area contributed by atoms with Crippen LogP contribution in [0.15, 0.2) is 24.3 Å². The van der Waals surface area contributed by atoms with E-state index < -0.39 is 11.4 Å². The molecule has 6 heteroatoms. The average Bonchev–Trinajstić information content (AvgIpc) is 2.74. The summed E-state index contributed by atoms with van der Waals surface area (Å²) in [7, 11) is 1.99. The van der Waals surface area contributed by atoms with Crippen molar-refractivity contribution in [2.45, 2.75) is 44.6 Å². The molecule has 1 aromatic rings. The van der Waals surface area contributed by atoms with E-state index in [0.29, 0.717) is 31.5 Å². The summed E-state index contributed by atoms with van der Waals surface area (Å²) in [6.07, 6.45) is 5.92. The maximum Gasteiger partial charge on any atom is 0.311 e. The van der Waals surface area contributed by atoms with Gasteiger partial charge < -0.3 is 19.8 Å². The zero-order valence-electron chi connectivity index (χ0n) is 16.8. The first-order valence-corrected chi connectivity index (χ1v) is 10.6. The van der Waals surface area contributed by atoms with Crippen molar-refractivity contribution >= 4 is 17.6 Å². The number of carbonyl (C=O) groups excluding carboxylic acids is 1. The molecule has 2 atom stereocenters. The Hall–Kier alpha value is -2.08. The first-order chi connectivity index (χ1) is 13.5. The normalized spacial score (nSPS) is 28.7. The van der Waals surface area contributed by atoms with Crippen molar-refractivity contribution in [1.29, 1.82) is 0 Å². The third-order valence-corrected chi connectivity index (χ3v) is 7.07. The number of anilines is 1. The number of rotatable bonds is 3. The molecule has 3 fully saturated rings. The Kier molecular flexibility index (Phi) is 5.32. The van der Waals surface area contributed by atoms with Gasteiger partial charge in [0.2, 0.25) is 0 Å². The van der Waals surface area contributed by atoms with Gasteiger partial charge in [-0.3, -0.25) is 9.59 Å². The fourth-order valence-electron chi connectivity index (χ4n) is 5.32. The van der Waals surface area contributed by atoms with Crippen molar-refractivity contribution in [3.8, 4) is 0 Å². The van der Waals surface area contributed by atoms with Crippen LogP contribution in [0.1, 0.15) is 48.9 Å². The van der Waals surface area contributed by atoms with Gasteiger partial charge in [-0.1, -0.05) is 0 Å². The molecule has 4 rings (SSSR count). The predicted molar refractivity (Wildman–Crippen MR) is 109 cm³/mol. The highest BCUT2D eigenvalue weighted by molar-refractivity contribution is 5.95. The fraction of sp³-hybridized carbons (Fsp3) is 0.636. The summed E-state index contributed by atoms with van der Waals surface area (Å²) >= 11 is 0. The van der Waals surface area contributed by atoms with Crippen LogP contribution in [0.2, 0.25) is 0 Å². The van der Waals surface area contributed by atoms with Gasteiger partial charge in [-0.2, -0.15) is 0 Å². The van der Waals surface area contributed by atoms with E-state index in [1.165, 1.54) is 24.9 Å². The summed E-state index contributed by atoms with van der Waals surface area (Å²) in [5, 5.41) is 9.90. The number of carbonyl (C=O) groups is 2. The van der Waals surface area contributed by atoms with E-state index in [0.717, 1.165) is 26.1 Å². The molecular formula is C22H31N3O3. The molecule has 1 N–H and O–H groups in total. The molecule has 3 heterocycles. The van der Waals surface area contributed by atoms with Gasteiger partial charge in [-0.15, -0.1) is 0 Å². The highest BCUT2D eigenvalue weighted by atomic mass is 16.4. The van der Waals surface area contributed by atoms with Gasteiger partial charge in [0.05, 0.1) is 5.41 Å². The minimum atomic E-state index is -0.706. The van der Waals surface area contributed by atoms with Crippen LogP contribution in [0.3, 0.4) is 0 Å². The molecule has 152 valence electrons. The number of likely N-dealkylation sites (tertiary alicyclic amines) is 2. The monoisotopic (exact) mass is 385 g/mol. The van der Waals surface area contributed by atoms with E-state index >= 15 is 0 Å². The molecule has 6 nitrogen and oxygen atoms in total. The topological polar surface area (TPSA) is 64.1 Å². The van der Waals surface area contributed by atoms with Gasteiger partial charge in [-0.25, -0.2) is 0 Å². The second-order valence-electron chi connectivity index (χ2n) is 8.66. The van der Waals surface area contributed by atoms with Crippen molar-refractivity contribution in [3.63, 3.8) is 0 Å². The molecule has 0 radical (unpaired) electrons. The highest BCUT2D eigenvalue weighted by Gasteiger charge is 2.52. The molecule has 0 aromatic heterocycles. The SMILES string of the molecule is CN1CCC[C@]2(C(=O)O)CCN(C(=O)c3ccc(N4CCCCC4)cc3)C[C@@H]12. The number of amides is 1. The van der Waals surface area contributed by atoms with Gasteiger partial charge >= 0.3 is 5.97 Å². The van der Waals surface area contributed by atoms with Crippen molar-refractivity contribution in [2.75, 3.05) is 44.7 Å². The number of nitrogens with zero attached hydrogens (tertiary/aromatic N) is 3. The number of fused-ring (bicyclic) bond motifs is 1. The number of hydrogen-bond donors (Lipinski definition) is 1. The van der Waals surface area contributed by atoms with E-state index in [2.05, 4.69) is 21.9 Å². The largest absolute Gasteiger partial charge is 0.481 e. The van der Waals surface area contributed by atoms with Gasteiger partial charge in [0, 0.05) is 43.5 Å². The van der Waals surface area contributed by atoms with Gasteiger partial charge in [0.25, 0.3) is 5.91 Å². The number of hydrogen-bond acceptors (Lipinski definition) is 4. The van der Waals surface area contributed by atoms with Gasteiger partial charge in [-0.05, 0) is 76.4 Å². The Morgan fingerprint density at radius 3 is 2.36 bits per heavy atom. The first kappa shape index (κ1) is 19.2. The predicted octanol–water partition coefficient (Wildman–Crippen LogP) is 2.69. The summed E-state index contributed by atoms with van der Waals surface area (Å²) in [6, 6.07) is 7.85. The zero-order chi connectivity index (χ0) is 19.7. The number of carboxylic acids is 1. The first-order valence-electron chi connectivity index (χ1n) is 10.6. The third-order valence-electron chi connectivity index (χ3n) is 7.07. The van der Waals surface area contributed by atoms with Crippen LogP contribution in [0.5, 0.6) is 0 Å². The minimum absolute atomic E-state index is 0.0168. The molecule has 0 spiro atoms. The fourth-order valence-corrected chi connectivity index (χ4v) is 5.32. The molecule has 1 aromatic carbocycles. The van der Waals surface area contributed by atoms with E-state index in [-0.39, 0.29) is 11.9 Å². The summed E-state index contributed by atoms with van der Waals surface area (Å²) in [5.74, 6) is -0.690.